The maximum atomic E-state index is 4.63. The van der Waals surface area contributed by atoms with Crippen molar-refractivity contribution in [3.05, 3.63) is 16.1 Å². The van der Waals surface area contributed by atoms with E-state index in [0.717, 1.165) is 13.0 Å². The highest BCUT2D eigenvalue weighted by atomic mass is 32.1. The summed E-state index contributed by atoms with van der Waals surface area (Å²) in [6, 6.07) is 0.576. The molecule has 3 nitrogen and oxygen atoms in total. The summed E-state index contributed by atoms with van der Waals surface area (Å²) in [5.41, 5.74) is 0. The Balaban J connectivity index is 1.92. The topological polar surface area (TPSA) is 28.2 Å². The van der Waals surface area contributed by atoms with Gasteiger partial charge in [0.2, 0.25) is 0 Å². The fourth-order valence-electron chi connectivity index (χ4n) is 2.42. The number of nitrogens with zero attached hydrogens (tertiary/aromatic N) is 2. The number of aryl methyl sites for hydroxylation is 1. The summed E-state index contributed by atoms with van der Waals surface area (Å²) in [6.07, 6.45) is 8.42. The summed E-state index contributed by atoms with van der Waals surface area (Å²) in [7, 11) is 4.24. The molecule has 0 radical (unpaired) electrons. The van der Waals surface area contributed by atoms with Crippen LogP contribution in [0.1, 0.15) is 41.6 Å². The lowest BCUT2D eigenvalue weighted by molar-refractivity contribution is 0.187. The van der Waals surface area contributed by atoms with Crippen LogP contribution in [0.5, 0.6) is 0 Å². The molecule has 2 heterocycles. The predicted molar refractivity (Wildman–Crippen MR) is 73.6 cm³/mol. The lowest BCUT2D eigenvalue weighted by atomic mass is 10.0. The molecular formula is C13H23N3S. The van der Waals surface area contributed by atoms with Crippen molar-refractivity contribution in [3.63, 3.8) is 0 Å². The highest BCUT2D eigenvalue weighted by Gasteiger charge is 2.23. The molecule has 0 spiro atoms. The van der Waals surface area contributed by atoms with Crippen molar-refractivity contribution in [2.75, 3.05) is 27.2 Å². The molecular weight excluding hydrogens is 230 g/mol. The van der Waals surface area contributed by atoms with E-state index in [2.05, 4.69) is 28.4 Å². The van der Waals surface area contributed by atoms with E-state index in [1.165, 1.54) is 42.1 Å². The molecule has 1 aliphatic heterocycles. The zero-order valence-electron chi connectivity index (χ0n) is 10.9. The Morgan fingerprint density at radius 1 is 1.53 bits per heavy atom. The third-order valence-electron chi connectivity index (χ3n) is 3.48. The van der Waals surface area contributed by atoms with Gasteiger partial charge in [-0.1, -0.05) is 6.42 Å². The van der Waals surface area contributed by atoms with Crippen molar-refractivity contribution in [2.45, 2.75) is 38.1 Å². The average molecular weight is 253 g/mol. The van der Waals surface area contributed by atoms with Crippen molar-refractivity contribution in [1.82, 2.24) is 15.2 Å². The summed E-state index contributed by atoms with van der Waals surface area (Å²) >= 11 is 1.91. The monoisotopic (exact) mass is 253 g/mol. The molecule has 1 aromatic heterocycles. The quantitative estimate of drug-likeness (QED) is 0.817. The number of aromatic nitrogens is 1. The largest absolute Gasteiger partial charge is 0.320 e. The van der Waals surface area contributed by atoms with Crippen LogP contribution in [0.25, 0.3) is 0 Å². The summed E-state index contributed by atoms with van der Waals surface area (Å²) in [5.74, 6) is 0. The van der Waals surface area contributed by atoms with Gasteiger partial charge in [0.25, 0.3) is 0 Å². The van der Waals surface area contributed by atoms with Gasteiger partial charge >= 0.3 is 0 Å². The lowest BCUT2D eigenvalue weighted by Crippen LogP contribution is -2.29. The molecule has 96 valence electrons. The third-order valence-corrected chi connectivity index (χ3v) is 4.64. The SMILES string of the molecule is CNCCCc1cnc(C2CCCCN2C)s1. The van der Waals surface area contributed by atoms with Gasteiger partial charge in [0.1, 0.15) is 5.01 Å². The van der Waals surface area contributed by atoms with E-state index in [9.17, 15) is 0 Å². The van der Waals surface area contributed by atoms with Crippen LogP contribution in [0.3, 0.4) is 0 Å². The molecule has 1 N–H and O–H groups in total. The minimum absolute atomic E-state index is 0.576. The van der Waals surface area contributed by atoms with Gasteiger partial charge in [-0.2, -0.15) is 0 Å². The molecule has 0 bridgehead atoms. The second kappa shape index (κ2) is 6.47. The first-order valence-electron chi connectivity index (χ1n) is 6.60. The number of hydrogen-bond donors (Lipinski definition) is 1. The van der Waals surface area contributed by atoms with Crippen LogP contribution in [0.4, 0.5) is 0 Å². The molecule has 1 atom stereocenters. The van der Waals surface area contributed by atoms with E-state index >= 15 is 0 Å². The second-order valence-electron chi connectivity index (χ2n) is 4.86. The maximum absolute atomic E-state index is 4.63. The molecule has 1 aliphatic rings. The standard InChI is InChI=1S/C13H23N3S/c1-14-8-5-6-11-10-15-13(17-11)12-7-3-4-9-16(12)2/h10,12,14H,3-9H2,1-2H3. The molecule has 17 heavy (non-hydrogen) atoms. The first-order chi connectivity index (χ1) is 8.31. The lowest BCUT2D eigenvalue weighted by Gasteiger charge is -2.30. The van der Waals surface area contributed by atoms with Gasteiger partial charge in [0, 0.05) is 11.1 Å². The van der Waals surface area contributed by atoms with Crippen molar-refractivity contribution in [2.24, 2.45) is 0 Å². The van der Waals surface area contributed by atoms with Gasteiger partial charge in [-0.05, 0) is 52.9 Å². The van der Waals surface area contributed by atoms with Crippen LogP contribution in [0, 0.1) is 0 Å². The first kappa shape index (κ1) is 13.0. The Morgan fingerprint density at radius 2 is 2.41 bits per heavy atom. The van der Waals surface area contributed by atoms with Gasteiger partial charge in [-0.3, -0.25) is 4.90 Å². The molecule has 4 heteroatoms. The molecule has 0 saturated carbocycles. The van der Waals surface area contributed by atoms with Crippen LogP contribution in [-0.4, -0.2) is 37.1 Å². The summed E-state index contributed by atoms with van der Waals surface area (Å²) in [5, 5.41) is 4.52. The zero-order valence-corrected chi connectivity index (χ0v) is 11.7. The first-order valence-corrected chi connectivity index (χ1v) is 7.42. The van der Waals surface area contributed by atoms with Crippen molar-refractivity contribution in [3.8, 4) is 0 Å². The van der Waals surface area contributed by atoms with Crippen molar-refractivity contribution >= 4 is 11.3 Å². The molecule has 0 aromatic carbocycles. The average Bonchev–Trinajstić information content (AvgIpc) is 2.79. The Labute approximate surface area is 108 Å². The summed E-state index contributed by atoms with van der Waals surface area (Å²) in [4.78, 5) is 8.52. The van der Waals surface area contributed by atoms with E-state index in [1.54, 1.807) is 0 Å². The Hall–Kier alpha value is -0.450. The van der Waals surface area contributed by atoms with Crippen molar-refractivity contribution in [1.29, 1.82) is 0 Å². The van der Waals surface area contributed by atoms with E-state index in [1.807, 2.05) is 18.4 Å². The number of hydrogen-bond acceptors (Lipinski definition) is 4. The molecule has 0 amide bonds. The van der Waals surface area contributed by atoms with Crippen LogP contribution >= 0.6 is 11.3 Å². The maximum Gasteiger partial charge on any atom is 0.110 e. The Kier molecular flexibility index (Phi) is 4.95. The molecule has 1 aromatic rings. The minimum Gasteiger partial charge on any atom is -0.320 e. The molecule has 1 fully saturated rings. The smallest absolute Gasteiger partial charge is 0.110 e. The minimum atomic E-state index is 0.576. The van der Waals surface area contributed by atoms with Gasteiger partial charge < -0.3 is 5.32 Å². The van der Waals surface area contributed by atoms with E-state index in [4.69, 9.17) is 0 Å². The normalized spacial score (nSPS) is 21.9. The Morgan fingerprint density at radius 3 is 3.18 bits per heavy atom. The summed E-state index contributed by atoms with van der Waals surface area (Å²) in [6.45, 7) is 2.32. The molecule has 2 rings (SSSR count). The number of likely N-dealkylation sites (tertiary alicyclic amines) is 1. The Bertz CT molecular complexity index is 337. The van der Waals surface area contributed by atoms with Gasteiger partial charge in [0.15, 0.2) is 0 Å². The highest BCUT2D eigenvalue weighted by molar-refractivity contribution is 7.11. The molecule has 1 unspecified atom stereocenters. The molecule has 1 saturated heterocycles. The van der Waals surface area contributed by atoms with Crippen LogP contribution in [0.15, 0.2) is 6.20 Å². The number of rotatable bonds is 5. The van der Waals surface area contributed by atoms with Crippen LogP contribution in [0.2, 0.25) is 0 Å². The predicted octanol–water partition coefficient (Wildman–Crippen LogP) is 2.45. The fraction of sp³-hybridized carbons (Fsp3) is 0.769. The van der Waals surface area contributed by atoms with Crippen molar-refractivity contribution < 1.29 is 0 Å². The number of piperidine rings is 1. The van der Waals surface area contributed by atoms with Crippen LogP contribution < -0.4 is 5.32 Å². The van der Waals surface area contributed by atoms with E-state index in [-0.39, 0.29) is 0 Å². The summed E-state index contributed by atoms with van der Waals surface area (Å²) < 4.78 is 0. The second-order valence-corrected chi connectivity index (χ2v) is 6.01. The van der Waals surface area contributed by atoms with Gasteiger partial charge in [0.05, 0.1) is 6.04 Å². The zero-order chi connectivity index (χ0) is 12.1. The number of nitrogens with one attached hydrogen (secondary N) is 1. The fourth-order valence-corrected chi connectivity index (χ4v) is 3.58. The molecule has 0 aliphatic carbocycles. The van der Waals surface area contributed by atoms with Crippen LogP contribution in [-0.2, 0) is 6.42 Å². The van der Waals surface area contributed by atoms with E-state index in [0.29, 0.717) is 6.04 Å². The van der Waals surface area contributed by atoms with Gasteiger partial charge in [-0.15, -0.1) is 11.3 Å². The van der Waals surface area contributed by atoms with Gasteiger partial charge in [-0.25, -0.2) is 4.98 Å². The van der Waals surface area contributed by atoms with E-state index < -0.39 is 0 Å². The number of thiazole rings is 1. The third kappa shape index (κ3) is 3.50. The highest BCUT2D eigenvalue weighted by Crippen LogP contribution is 2.32.